The van der Waals surface area contributed by atoms with Crippen molar-refractivity contribution in [2.45, 2.75) is 37.6 Å². The van der Waals surface area contributed by atoms with Crippen LogP contribution in [0.4, 0.5) is 13.2 Å². The van der Waals surface area contributed by atoms with Crippen LogP contribution >= 0.6 is 11.6 Å². The van der Waals surface area contributed by atoms with Gasteiger partial charge in [-0.05, 0) is 43.4 Å². The fourth-order valence-electron chi connectivity index (χ4n) is 4.63. The summed E-state index contributed by atoms with van der Waals surface area (Å²) in [6, 6.07) is 7.65. The number of amides is 1. The summed E-state index contributed by atoms with van der Waals surface area (Å²) in [6.07, 6.45) is 1.17. The Morgan fingerprint density at radius 2 is 1.91 bits per heavy atom. The number of piperidine rings is 2. The van der Waals surface area contributed by atoms with E-state index >= 15 is 0 Å². The molecule has 0 radical (unpaired) electrons. The molecule has 2 aromatic heterocycles. The van der Waals surface area contributed by atoms with Crippen LogP contribution in [-0.2, 0) is 6.18 Å². The Kier molecular flexibility index (Phi) is 5.48. The molecule has 0 unspecified atom stereocenters. The number of hydrogen-bond donors (Lipinski definition) is 0. The first-order valence-corrected chi connectivity index (χ1v) is 10.8. The van der Waals surface area contributed by atoms with Crippen LogP contribution in [0.15, 0.2) is 48.9 Å². The minimum absolute atomic E-state index is 0.0595. The SMILES string of the molecule is O=C(c1ccccc1-n1nccn1)N1C[C@@H]2CC[C@H]1[C@H](Oc1ncc(C(F)(F)F)cc1Cl)C2. The highest BCUT2D eigenvalue weighted by atomic mass is 35.5. The van der Waals surface area contributed by atoms with E-state index in [9.17, 15) is 18.0 Å². The molecule has 3 atom stereocenters. The molecule has 11 heteroatoms. The molecule has 3 aliphatic rings. The van der Waals surface area contributed by atoms with Crippen molar-refractivity contribution in [1.29, 1.82) is 0 Å². The second-order valence-corrected chi connectivity index (χ2v) is 8.61. The first-order valence-electron chi connectivity index (χ1n) is 10.5. The molecule has 1 aliphatic carbocycles. The number of ether oxygens (including phenoxy) is 1. The second-order valence-electron chi connectivity index (χ2n) is 8.20. The third-order valence-electron chi connectivity index (χ3n) is 6.15. The number of rotatable bonds is 4. The maximum atomic E-state index is 13.6. The number of carbonyl (C=O) groups excluding carboxylic acids is 1. The van der Waals surface area contributed by atoms with Crippen LogP contribution in [0, 0.1) is 5.92 Å². The van der Waals surface area contributed by atoms with E-state index in [1.807, 2.05) is 6.07 Å². The lowest BCUT2D eigenvalue weighted by atomic mass is 9.77. The second kappa shape index (κ2) is 8.33. The highest BCUT2D eigenvalue weighted by Gasteiger charge is 2.45. The summed E-state index contributed by atoms with van der Waals surface area (Å²) < 4.78 is 44.7. The molecule has 2 bridgehead atoms. The predicted molar refractivity (Wildman–Crippen MR) is 112 cm³/mol. The number of aromatic nitrogens is 4. The largest absolute Gasteiger partial charge is 0.471 e. The Morgan fingerprint density at radius 3 is 2.61 bits per heavy atom. The molecule has 0 N–H and O–H groups in total. The quantitative estimate of drug-likeness (QED) is 0.556. The highest BCUT2D eigenvalue weighted by Crippen LogP contribution is 2.40. The molecule has 1 amide bonds. The van der Waals surface area contributed by atoms with Crippen LogP contribution in [0.5, 0.6) is 5.88 Å². The van der Waals surface area contributed by atoms with Gasteiger partial charge < -0.3 is 9.64 Å². The smallest absolute Gasteiger partial charge is 0.417 e. The van der Waals surface area contributed by atoms with Crippen molar-refractivity contribution >= 4 is 17.5 Å². The summed E-state index contributed by atoms with van der Waals surface area (Å²) in [5.74, 6) is -0.0136. The van der Waals surface area contributed by atoms with Gasteiger partial charge in [-0.1, -0.05) is 23.7 Å². The number of carbonyl (C=O) groups is 1. The average molecular weight is 478 g/mol. The van der Waals surface area contributed by atoms with E-state index in [0.29, 0.717) is 30.4 Å². The van der Waals surface area contributed by atoms with E-state index in [4.69, 9.17) is 16.3 Å². The number of pyridine rings is 1. The monoisotopic (exact) mass is 477 g/mol. The molecule has 3 fully saturated rings. The van der Waals surface area contributed by atoms with Gasteiger partial charge in [0.25, 0.3) is 5.91 Å². The summed E-state index contributed by atoms with van der Waals surface area (Å²) >= 11 is 6.04. The number of alkyl halides is 3. The summed E-state index contributed by atoms with van der Waals surface area (Å²) in [6.45, 7) is 0.582. The number of hydrogen-bond acceptors (Lipinski definition) is 5. The fraction of sp³-hybridized carbons (Fsp3) is 0.364. The Balaban J connectivity index is 1.40. The molecule has 1 saturated carbocycles. The van der Waals surface area contributed by atoms with Gasteiger partial charge in [0.2, 0.25) is 5.88 Å². The molecule has 4 heterocycles. The molecule has 6 rings (SSSR count). The molecule has 172 valence electrons. The lowest BCUT2D eigenvalue weighted by Gasteiger charge is -2.49. The number of benzene rings is 1. The van der Waals surface area contributed by atoms with Gasteiger partial charge in [0.1, 0.15) is 11.1 Å². The Hall–Kier alpha value is -3.14. The van der Waals surface area contributed by atoms with Crippen LogP contribution < -0.4 is 4.74 Å². The van der Waals surface area contributed by atoms with Gasteiger partial charge in [-0.3, -0.25) is 4.79 Å². The molecule has 33 heavy (non-hydrogen) atoms. The van der Waals surface area contributed by atoms with Crippen molar-refractivity contribution in [3.05, 3.63) is 65.1 Å². The van der Waals surface area contributed by atoms with E-state index in [1.165, 1.54) is 17.2 Å². The summed E-state index contributed by atoms with van der Waals surface area (Å²) in [5, 5.41) is 8.06. The van der Waals surface area contributed by atoms with Gasteiger partial charge in [0, 0.05) is 12.7 Å². The van der Waals surface area contributed by atoms with E-state index in [-0.39, 0.29) is 28.8 Å². The molecule has 2 aliphatic heterocycles. The van der Waals surface area contributed by atoms with Crippen molar-refractivity contribution in [1.82, 2.24) is 24.9 Å². The standard InChI is InChI=1S/C22H19ClF3N5O2/c23-16-10-14(22(24,25)26)11-27-20(16)33-19-9-13-5-6-18(19)30(12-13)21(32)15-3-1-2-4-17(15)31-28-7-8-29-31/h1-4,7-8,10-11,13,18-19H,5-6,9,12H2/t13-,18+,19-/m1/s1. The van der Waals surface area contributed by atoms with E-state index in [0.717, 1.165) is 18.9 Å². The lowest BCUT2D eigenvalue weighted by molar-refractivity contribution is -0.137. The number of para-hydroxylation sites is 1. The average Bonchev–Trinajstić information content (AvgIpc) is 3.34. The molecule has 0 spiro atoms. The number of halogens is 4. The maximum absolute atomic E-state index is 13.6. The van der Waals surface area contributed by atoms with Gasteiger partial charge in [-0.25, -0.2) is 4.98 Å². The van der Waals surface area contributed by atoms with Crippen LogP contribution in [0.3, 0.4) is 0 Å². The van der Waals surface area contributed by atoms with Gasteiger partial charge >= 0.3 is 6.18 Å². The van der Waals surface area contributed by atoms with Gasteiger partial charge in [-0.15, -0.1) is 0 Å². The van der Waals surface area contributed by atoms with E-state index in [2.05, 4.69) is 15.2 Å². The number of nitrogens with zero attached hydrogens (tertiary/aromatic N) is 5. The topological polar surface area (TPSA) is 73.1 Å². The third-order valence-corrected chi connectivity index (χ3v) is 6.42. The molecule has 7 nitrogen and oxygen atoms in total. The first-order chi connectivity index (χ1) is 15.8. The molecule has 1 aromatic carbocycles. The normalized spacial score (nSPS) is 22.4. The van der Waals surface area contributed by atoms with Gasteiger partial charge in [0.15, 0.2) is 0 Å². The Labute approximate surface area is 192 Å². The van der Waals surface area contributed by atoms with Gasteiger partial charge in [0.05, 0.1) is 35.2 Å². The zero-order valence-electron chi connectivity index (χ0n) is 17.2. The summed E-state index contributed by atoms with van der Waals surface area (Å²) in [7, 11) is 0. The van der Waals surface area contributed by atoms with Crippen molar-refractivity contribution in [3.8, 4) is 11.6 Å². The lowest BCUT2D eigenvalue weighted by Crippen LogP contribution is -2.59. The van der Waals surface area contributed by atoms with Crippen LogP contribution in [0.1, 0.15) is 35.2 Å². The van der Waals surface area contributed by atoms with Crippen LogP contribution in [0.25, 0.3) is 5.69 Å². The van der Waals surface area contributed by atoms with Crippen LogP contribution in [-0.4, -0.2) is 49.5 Å². The van der Waals surface area contributed by atoms with Crippen molar-refractivity contribution in [2.24, 2.45) is 5.92 Å². The molecule has 2 saturated heterocycles. The number of fused-ring (bicyclic) bond motifs is 3. The van der Waals surface area contributed by atoms with E-state index < -0.39 is 17.8 Å². The van der Waals surface area contributed by atoms with Crippen LogP contribution in [0.2, 0.25) is 5.02 Å². The predicted octanol–water partition coefficient (Wildman–Crippen LogP) is 4.41. The molecular formula is C22H19ClF3N5O2. The summed E-state index contributed by atoms with van der Waals surface area (Å²) in [5.41, 5.74) is 0.0928. The zero-order valence-corrected chi connectivity index (χ0v) is 18.0. The third kappa shape index (κ3) is 4.15. The van der Waals surface area contributed by atoms with Crippen molar-refractivity contribution in [3.63, 3.8) is 0 Å². The highest BCUT2D eigenvalue weighted by molar-refractivity contribution is 6.31. The minimum Gasteiger partial charge on any atom is -0.471 e. The minimum atomic E-state index is -4.54. The molecule has 3 aromatic rings. The van der Waals surface area contributed by atoms with Crippen molar-refractivity contribution in [2.75, 3.05) is 6.54 Å². The first kappa shape index (κ1) is 21.7. The van der Waals surface area contributed by atoms with Crippen molar-refractivity contribution < 1.29 is 22.7 Å². The Morgan fingerprint density at radius 1 is 1.15 bits per heavy atom. The van der Waals surface area contributed by atoms with E-state index in [1.54, 1.807) is 23.1 Å². The maximum Gasteiger partial charge on any atom is 0.417 e. The molecular weight excluding hydrogens is 459 g/mol. The Bertz CT molecular complexity index is 1170. The fourth-order valence-corrected chi connectivity index (χ4v) is 4.84. The zero-order chi connectivity index (χ0) is 23.2. The summed E-state index contributed by atoms with van der Waals surface area (Å²) in [4.78, 5) is 20.5. The van der Waals surface area contributed by atoms with Gasteiger partial charge in [-0.2, -0.15) is 28.2 Å².